The van der Waals surface area contributed by atoms with Gasteiger partial charge in [-0.25, -0.2) is 0 Å². The standard InChI is InChI=1S/C15H26O/c1-10-5-7-13-12(9-15(13,3)4)11(2)14(16)8-6-10/h6,11-14,16H,5,7-9H2,1-4H3/b10-6-. The van der Waals surface area contributed by atoms with Crippen LogP contribution in [0.5, 0.6) is 0 Å². The Balaban J connectivity index is 2.15. The maximum absolute atomic E-state index is 10.2. The lowest BCUT2D eigenvalue weighted by molar-refractivity contribution is -0.0773. The van der Waals surface area contributed by atoms with Crippen LogP contribution in [0.2, 0.25) is 0 Å². The molecule has 0 aromatic rings. The van der Waals surface area contributed by atoms with Crippen molar-refractivity contribution in [2.75, 3.05) is 0 Å². The molecule has 4 unspecified atom stereocenters. The maximum atomic E-state index is 10.2. The Morgan fingerprint density at radius 2 is 2.06 bits per heavy atom. The van der Waals surface area contributed by atoms with Crippen LogP contribution in [0.4, 0.5) is 0 Å². The summed E-state index contributed by atoms with van der Waals surface area (Å²) in [6.45, 7) is 9.24. The molecule has 0 heterocycles. The van der Waals surface area contributed by atoms with Gasteiger partial charge in [0.2, 0.25) is 0 Å². The second kappa shape index (κ2) is 4.18. The van der Waals surface area contributed by atoms with Gasteiger partial charge in [0.25, 0.3) is 0 Å². The summed E-state index contributed by atoms with van der Waals surface area (Å²) in [6.07, 6.45) is 6.82. The summed E-state index contributed by atoms with van der Waals surface area (Å²) in [5.74, 6) is 2.04. The van der Waals surface area contributed by atoms with Gasteiger partial charge in [-0.3, -0.25) is 0 Å². The highest BCUT2D eigenvalue weighted by Gasteiger charge is 2.49. The Morgan fingerprint density at radius 1 is 1.38 bits per heavy atom. The van der Waals surface area contributed by atoms with Crippen LogP contribution in [0.15, 0.2) is 11.6 Å². The molecule has 1 nitrogen and oxygen atoms in total. The van der Waals surface area contributed by atoms with E-state index in [-0.39, 0.29) is 6.10 Å². The first-order valence-electron chi connectivity index (χ1n) is 6.75. The molecule has 2 rings (SSSR count). The fourth-order valence-electron chi connectivity index (χ4n) is 3.78. The SMILES string of the molecule is C/C1=C/CC(O)C(C)C2CC(C)(C)C2CC1. The first-order chi connectivity index (χ1) is 7.42. The van der Waals surface area contributed by atoms with Crippen molar-refractivity contribution < 1.29 is 5.11 Å². The monoisotopic (exact) mass is 222 g/mol. The molecule has 16 heavy (non-hydrogen) atoms. The molecule has 0 aromatic heterocycles. The van der Waals surface area contributed by atoms with Gasteiger partial charge in [0.05, 0.1) is 6.10 Å². The normalized spacial score (nSPS) is 46.4. The highest BCUT2D eigenvalue weighted by molar-refractivity contribution is 5.06. The number of fused-ring (bicyclic) bond motifs is 1. The van der Waals surface area contributed by atoms with Crippen LogP contribution >= 0.6 is 0 Å². The quantitative estimate of drug-likeness (QED) is 0.618. The third kappa shape index (κ3) is 2.07. The minimum Gasteiger partial charge on any atom is -0.393 e. The van der Waals surface area contributed by atoms with Crippen molar-refractivity contribution in [2.45, 2.75) is 59.5 Å². The summed E-state index contributed by atoms with van der Waals surface area (Å²) < 4.78 is 0. The molecule has 0 aromatic carbocycles. The molecule has 0 radical (unpaired) electrons. The largest absolute Gasteiger partial charge is 0.393 e. The van der Waals surface area contributed by atoms with Crippen LogP contribution in [0.1, 0.15) is 53.4 Å². The molecule has 0 aliphatic heterocycles. The van der Waals surface area contributed by atoms with E-state index in [0.717, 1.165) is 18.3 Å². The van der Waals surface area contributed by atoms with Crippen molar-refractivity contribution in [1.29, 1.82) is 0 Å². The number of rotatable bonds is 0. The van der Waals surface area contributed by atoms with E-state index in [0.29, 0.717) is 11.3 Å². The van der Waals surface area contributed by atoms with Gasteiger partial charge >= 0.3 is 0 Å². The molecule has 1 saturated carbocycles. The summed E-state index contributed by atoms with van der Waals surface area (Å²) >= 11 is 0. The molecule has 0 spiro atoms. The first kappa shape index (κ1) is 12.2. The number of allylic oxidation sites excluding steroid dienone is 1. The van der Waals surface area contributed by atoms with E-state index >= 15 is 0 Å². The number of aliphatic hydroxyl groups excluding tert-OH is 1. The third-order valence-corrected chi connectivity index (χ3v) is 5.12. The molecule has 1 fully saturated rings. The number of aliphatic hydroxyl groups is 1. The van der Waals surface area contributed by atoms with E-state index in [1.807, 2.05) is 0 Å². The lowest BCUT2D eigenvalue weighted by Crippen LogP contribution is -2.48. The molecule has 92 valence electrons. The van der Waals surface area contributed by atoms with Gasteiger partial charge in [0.15, 0.2) is 0 Å². The van der Waals surface area contributed by atoms with Gasteiger partial charge < -0.3 is 5.11 Å². The molecule has 0 bridgehead atoms. The molecular formula is C15H26O. The molecule has 1 heteroatoms. The van der Waals surface area contributed by atoms with Gasteiger partial charge in [-0.15, -0.1) is 0 Å². The molecule has 1 N–H and O–H groups in total. The minimum atomic E-state index is -0.128. The van der Waals surface area contributed by atoms with Crippen LogP contribution in [0.3, 0.4) is 0 Å². The summed E-state index contributed by atoms with van der Waals surface area (Å²) in [4.78, 5) is 0. The van der Waals surface area contributed by atoms with Crippen molar-refractivity contribution in [1.82, 2.24) is 0 Å². The van der Waals surface area contributed by atoms with Crippen molar-refractivity contribution in [2.24, 2.45) is 23.2 Å². The van der Waals surface area contributed by atoms with Crippen LogP contribution in [-0.2, 0) is 0 Å². The zero-order valence-corrected chi connectivity index (χ0v) is 11.2. The highest BCUT2D eigenvalue weighted by atomic mass is 16.3. The maximum Gasteiger partial charge on any atom is 0.0603 e. The van der Waals surface area contributed by atoms with E-state index in [4.69, 9.17) is 0 Å². The Labute approximate surface area is 99.9 Å². The topological polar surface area (TPSA) is 20.2 Å². The molecule has 4 atom stereocenters. The van der Waals surface area contributed by atoms with Gasteiger partial charge in [-0.1, -0.05) is 32.4 Å². The van der Waals surface area contributed by atoms with Gasteiger partial charge in [-0.2, -0.15) is 0 Å². The Morgan fingerprint density at radius 3 is 2.69 bits per heavy atom. The summed E-state index contributed by atoms with van der Waals surface area (Å²) in [5.41, 5.74) is 1.97. The predicted octanol–water partition coefficient (Wildman–Crippen LogP) is 3.78. The number of hydrogen-bond donors (Lipinski definition) is 1. The van der Waals surface area contributed by atoms with E-state index < -0.39 is 0 Å². The van der Waals surface area contributed by atoms with Crippen molar-refractivity contribution in [3.05, 3.63) is 11.6 Å². The molecule has 0 saturated heterocycles. The van der Waals surface area contributed by atoms with Crippen LogP contribution < -0.4 is 0 Å². The Bertz CT molecular complexity index is 290. The van der Waals surface area contributed by atoms with Crippen molar-refractivity contribution >= 4 is 0 Å². The molecular weight excluding hydrogens is 196 g/mol. The lowest BCUT2D eigenvalue weighted by atomic mass is 9.50. The fourth-order valence-corrected chi connectivity index (χ4v) is 3.78. The van der Waals surface area contributed by atoms with Gasteiger partial charge in [0.1, 0.15) is 0 Å². The fraction of sp³-hybridized carbons (Fsp3) is 0.867. The molecule has 0 amide bonds. The van der Waals surface area contributed by atoms with Crippen LogP contribution in [0, 0.1) is 23.2 Å². The summed E-state index contributed by atoms with van der Waals surface area (Å²) in [7, 11) is 0. The van der Waals surface area contributed by atoms with Crippen molar-refractivity contribution in [3.63, 3.8) is 0 Å². The zero-order chi connectivity index (χ0) is 11.9. The van der Waals surface area contributed by atoms with Crippen LogP contribution in [-0.4, -0.2) is 11.2 Å². The summed E-state index contributed by atoms with van der Waals surface area (Å²) in [5, 5.41) is 10.2. The number of hydrogen-bond acceptors (Lipinski definition) is 1. The second-order valence-electron chi connectivity index (χ2n) is 6.71. The lowest BCUT2D eigenvalue weighted by Gasteiger charge is -2.55. The zero-order valence-electron chi connectivity index (χ0n) is 11.2. The molecule has 2 aliphatic carbocycles. The third-order valence-electron chi connectivity index (χ3n) is 5.12. The van der Waals surface area contributed by atoms with Crippen LogP contribution in [0.25, 0.3) is 0 Å². The van der Waals surface area contributed by atoms with Gasteiger partial charge in [-0.05, 0) is 55.8 Å². The minimum absolute atomic E-state index is 0.128. The van der Waals surface area contributed by atoms with Crippen molar-refractivity contribution in [3.8, 4) is 0 Å². The molecule has 2 aliphatic rings. The van der Waals surface area contributed by atoms with E-state index in [1.165, 1.54) is 24.8 Å². The van der Waals surface area contributed by atoms with E-state index in [2.05, 4.69) is 33.8 Å². The van der Waals surface area contributed by atoms with Gasteiger partial charge in [0, 0.05) is 0 Å². The second-order valence-corrected chi connectivity index (χ2v) is 6.71. The first-order valence-corrected chi connectivity index (χ1v) is 6.75. The highest BCUT2D eigenvalue weighted by Crippen LogP contribution is 2.56. The summed E-state index contributed by atoms with van der Waals surface area (Å²) in [6, 6.07) is 0. The predicted molar refractivity (Wildman–Crippen MR) is 68.2 cm³/mol. The van der Waals surface area contributed by atoms with E-state index in [1.54, 1.807) is 0 Å². The van der Waals surface area contributed by atoms with E-state index in [9.17, 15) is 5.11 Å². The average Bonchev–Trinajstić information content (AvgIpc) is 2.24. The Hall–Kier alpha value is -0.300. The smallest absolute Gasteiger partial charge is 0.0603 e. The average molecular weight is 222 g/mol. The Kier molecular flexibility index (Phi) is 3.18.